The van der Waals surface area contributed by atoms with Gasteiger partial charge in [0.05, 0.1) is 15.5 Å². The first kappa shape index (κ1) is 32.7. The van der Waals surface area contributed by atoms with E-state index in [2.05, 4.69) is 28.9 Å². The number of rotatable bonds is 9. The Bertz CT molecular complexity index is 1560. The lowest BCUT2D eigenvalue weighted by Crippen LogP contribution is -2.60. The number of piperazine rings is 1. The zero-order valence-corrected chi connectivity index (χ0v) is 25.6. The Balaban J connectivity index is 1.61. The highest BCUT2D eigenvalue weighted by Crippen LogP contribution is 2.33. The highest BCUT2D eigenvalue weighted by molar-refractivity contribution is 7.89. The zero-order valence-electron chi connectivity index (χ0n) is 23.9. The number of carbonyl (C=O) groups excluding carboxylic acids is 1. The number of nitrogens with one attached hydrogen (secondary N) is 1. The Kier molecular flexibility index (Phi) is 9.71. The average Bonchev–Trinajstić information content (AvgIpc) is 3.33. The van der Waals surface area contributed by atoms with Gasteiger partial charge in [-0.25, -0.2) is 13.4 Å². The summed E-state index contributed by atoms with van der Waals surface area (Å²) in [4.78, 5) is 19.6. The molecule has 3 aromatic rings. The first-order valence-electron chi connectivity index (χ1n) is 13.4. The van der Waals surface area contributed by atoms with Crippen LogP contribution in [-0.4, -0.2) is 65.9 Å². The van der Waals surface area contributed by atoms with Gasteiger partial charge in [-0.2, -0.15) is 4.31 Å². The van der Waals surface area contributed by atoms with Crippen molar-refractivity contribution < 1.29 is 41.3 Å². The minimum Gasteiger partial charge on any atom is -0.406 e. The van der Waals surface area contributed by atoms with Gasteiger partial charge in [0.2, 0.25) is 15.9 Å². The van der Waals surface area contributed by atoms with Crippen molar-refractivity contribution in [3.05, 3.63) is 69.7 Å². The largest absolute Gasteiger partial charge is 0.573 e. The van der Waals surface area contributed by atoms with Gasteiger partial charge in [-0.1, -0.05) is 43.4 Å². The van der Waals surface area contributed by atoms with Crippen LogP contribution in [0.4, 0.5) is 18.3 Å². The van der Waals surface area contributed by atoms with E-state index in [0.717, 1.165) is 56.6 Å². The van der Waals surface area contributed by atoms with Gasteiger partial charge in [-0.15, -0.1) is 13.2 Å². The molecule has 1 aromatic heterocycles. The number of aliphatic hydroxyl groups is 2. The van der Waals surface area contributed by atoms with Crippen LogP contribution in [0.3, 0.4) is 0 Å². The second-order valence-electron chi connectivity index (χ2n) is 10.5. The van der Waals surface area contributed by atoms with E-state index in [1.807, 2.05) is 25.1 Å². The molecule has 1 atom stereocenters. The molecule has 0 aliphatic carbocycles. The van der Waals surface area contributed by atoms with Gasteiger partial charge in [0, 0.05) is 26.2 Å². The molecular weight excluding hydrogens is 609 g/mol. The fourth-order valence-corrected chi connectivity index (χ4v) is 7.28. The summed E-state index contributed by atoms with van der Waals surface area (Å²) in [6, 6.07) is 8.49. The molecule has 0 spiro atoms. The summed E-state index contributed by atoms with van der Waals surface area (Å²) in [5, 5.41) is 22.5. The van der Waals surface area contributed by atoms with E-state index in [9.17, 15) is 36.6 Å². The van der Waals surface area contributed by atoms with Crippen molar-refractivity contribution in [1.29, 1.82) is 0 Å². The summed E-state index contributed by atoms with van der Waals surface area (Å²) in [5.41, 5.74) is 3.37. The molecule has 2 aromatic carbocycles. The van der Waals surface area contributed by atoms with Crippen molar-refractivity contribution in [3.8, 4) is 5.75 Å². The minimum atomic E-state index is -4.94. The number of aryl methyl sites for hydroxylation is 2. The fraction of sp³-hybridized carbons (Fsp3) is 0.429. The predicted octanol–water partition coefficient (Wildman–Crippen LogP) is 3.96. The fourth-order valence-electron chi connectivity index (χ4n) is 4.74. The number of alkyl halides is 3. The third kappa shape index (κ3) is 7.65. The van der Waals surface area contributed by atoms with Gasteiger partial charge in [-0.05, 0) is 60.7 Å². The van der Waals surface area contributed by atoms with Crippen molar-refractivity contribution in [1.82, 2.24) is 14.6 Å². The number of hydrogen-bond acceptors (Lipinski definition) is 9. The number of carbonyl (C=O) groups is 1. The molecule has 43 heavy (non-hydrogen) atoms. The number of sulfonamides is 1. The third-order valence-corrected chi connectivity index (χ3v) is 10.3. The number of aliphatic hydroxyl groups excluding tert-OH is 1. The maximum Gasteiger partial charge on any atom is 0.573 e. The molecular formula is C28H33F3N4O6S2. The highest BCUT2D eigenvalue weighted by atomic mass is 32.2. The Morgan fingerprint density at radius 2 is 1.81 bits per heavy atom. The summed E-state index contributed by atoms with van der Waals surface area (Å²) < 4.78 is 70.1. The number of halogens is 3. The number of nitrogens with zero attached hydrogens (tertiary/aromatic N) is 3. The molecule has 0 unspecified atom stereocenters. The van der Waals surface area contributed by atoms with Gasteiger partial charge in [0.25, 0.3) is 0 Å². The standard InChI is InChI=1S/C28H33F3N4O6S2/c1-16(2)19-5-6-20(17(3)13-19)14-32-25(36)23-15-34(27-33-18(4)24(42-27)26(37)38)11-12-35(23)43(39,40)22-9-7-21(8-10-22)41-28(29,30)31/h5-10,13,16,23,26,37-38H,11-12,14-15H2,1-4H3,(H,32,36)/t23-/m1/s1. The Morgan fingerprint density at radius 1 is 1.14 bits per heavy atom. The van der Waals surface area contributed by atoms with E-state index in [1.165, 1.54) is 0 Å². The molecule has 2 heterocycles. The smallest absolute Gasteiger partial charge is 0.406 e. The number of hydrogen-bond donors (Lipinski definition) is 3. The molecule has 0 saturated carbocycles. The molecule has 1 fully saturated rings. The van der Waals surface area contributed by atoms with E-state index in [4.69, 9.17) is 0 Å². The maximum atomic E-state index is 13.7. The first-order valence-corrected chi connectivity index (χ1v) is 15.7. The molecule has 1 aliphatic rings. The molecule has 3 N–H and O–H groups in total. The van der Waals surface area contributed by atoms with Gasteiger partial charge in [0.1, 0.15) is 11.8 Å². The normalized spacial score (nSPS) is 16.6. The van der Waals surface area contributed by atoms with Crippen molar-refractivity contribution in [3.63, 3.8) is 0 Å². The second kappa shape index (κ2) is 12.8. The highest BCUT2D eigenvalue weighted by Gasteiger charge is 2.41. The Morgan fingerprint density at radius 3 is 2.37 bits per heavy atom. The number of ether oxygens (including phenoxy) is 1. The molecule has 15 heteroatoms. The number of benzene rings is 2. The third-order valence-electron chi connectivity index (χ3n) is 7.11. The summed E-state index contributed by atoms with van der Waals surface area (Å²) in [7, 11) is -4.33. The summed E-state index contributed by atoms with van der Waals surface area (Å²) in [6.45, 7) is 7.72. The molecule has 0 radical (unpaired) electrons. The summed E-state index contributed by atoms with van der Waals surface area (Å²) >= 11 is 1.02. The lowest BCUT2D eigenvalue weighted by molar-refractivity contribution is -0.274. The summed E-state index contributed by atoms with van der Waals surface area (Å²) in [5.74, 6) is -0.829. The van der Waals surface area contributed by atoms with Crippen LogP contribution < -0.4 is 15.0 Å². The van der Waals surface area contributed by atoms with Crippen LogP contribution in [0.15, 0.2) is 47.4 Å². The first-order chi connectivity index (χ1) is 20.1. The van der Waals surface area contributed by atoms with Gasteiger partial charge in [-0.3, -0.25) is 4.79 Å². The van der Waals surface area contributed by atoms with E-state index in [0.29, 0.717) is 16.7 Å². The van der Waals surface area contributed by atoms with E-state index in [1.54, 1.807) is 11.8 Å². The van der Waals surface area contributed by atoms with Crippen molar-refractivity contribution in [2.45, 2.75) is 63.7 Å². The van der Waals surface area contributed by atoms with Crippen LogP contribution in [0, 0.1) is 13.8 Å². The van der Waals surface area contributed by atoms with Crippen LogP contribution in [0.5, 0.6) is 5.75 Å². The average molecular weight is 643 g/mol. The van der Waals surface area contributed by atoms with Crippen LogP contribution >= 0.6 is 11.3 Å². The number of aromatic nitrogens is 1. The monoisotopic (exact) mass is 642 g/mol. The van der Waals surface area contributed by atoms with Gasteiger partial charge < -0.3 is 25.2 Å². The molecule has 234 valence electrons. The van der Waals surface area contributed by atoms with Crippen LogP contribution in [0.25, 0.3) is 0 Å². The molecule has 1 amide bonds. The van der Waals surface area contributed by atoms with E-state index < -0.39 is 40.4 Å². The molecule has 1 saturated heterocycles. The van der Waals surface area contributed by atoms with Crippen molar-refractivity contribution in [2.75, 3.05) is 24.5 Å². The van der Waals surface area contributed by atoms with E-state index >= 15 is 0 Å². The minimum absolute atomic E-state index is 0.0977. The lowest BCUT2D eigenvalue weighted by atomic mass is 9.98. The zero-order chi connectivity index (χ0) is 31.7. The van der Waals surface area contributed by atoms with E-state index in [-0.39, 0.29) is 36.0 Å². The molecule has 1 aliphatic heterocycles. The molecule has 0 bridgehead atoms. The van der Waals surface area contributed by atoms with Crippen LogP contribution in [0.1, 0.15) is 53.3 Å². The van der Waals surface area contributed by atoms with Gasteiger partial charge in [0.15, 0.2) is 11.4 Å². The Labute approximate surface area is 251 Å². The topological polar surface area (TPSA) is 132 Å². The lowest BCUT2D eigenvalue weighted by Gasteiger charge is -2.39. The number of anilines is 1. The Hall–Kier alpha value is -3.24. The van der Waals surface area contributed by atoms with Crippen molar-refractivity contribution >= 4 is 32.4 Å². The van der Waals surface area contributed by atoms with Crippen LogP contribution in [0.2, 0.25) is 0 Å². The number of amides is 1. The maximum absolute atomic E-state index is 13.7. The quantitative estimate of drug-likeness (QED) is 0.299. The SMILES string of the molecule is Cc1cc(C(C)C)ccc1CNC(=O)[C@H]1CN(c2nc(C)c(C(O)O)s2)CCN1S(=O)(=O)c1ccc(OC(F)(F)F)cc1. The molecule has 10 nitrogen and oxygen atoms in total. The van der Waals surface area contributed by atoms with Gasteiger partial charge >= 0.3 is 6.36 Å². The molecule has 4 rings (SSSR count). The van der Waals surface area contributed by atoms with Crippen molar-refractivity contribution in [2.24, 2.45) is 0 Å². The predicted molar refractivity (Wildman–Crippen MR) is 154 cm³/mol. The number of thiazole rings is 1. The second-order valence-corrected chi connectivity index (χ2v) is 13.4. The summed E-state index contributed by atoms with van der Waals surface area (Å²) in [6.07, 6.45) is -6.67. The van der Waals surface area contributed by atoms with Crippen LogP contribution in [-0.2, 0) is 21.4 Å².